The summed E-state index contributed by atoms with van der Waals surface area (Å²) in [6, 6.07) is 11.4. The van der Waals surface area contributed by atoms with E-state index in [1.165, 1.54) is 12.1 Å². The van der Waals surface area contributed by atoms with Gasteiger partial charge in [0.2, 0.25) is 0 Å². The average molecular weight is 297 g/mol. The summed E-state index contributed by atoms with van der Waals surface area (Å²) in [5.74, 6) is 0. The highest BCUT2D eigenvalue weighted by Crippen LogP contribution is 2.34. The Balaban J connectivity index is 2.35. The standard InChI is InChI=1S/C14H8ClF3N2/c15-12-5-4-10(14(16,17)18)7-13(12)20-11-3-1-2-9(6-11)8-19/h1-7,20H. The molecule has 0 saturated heterocycles. The van der Waals surface area contributed by atoms with Crippen LogP contribution in [0.5, 0.6) is 0 Å². The van der Waals surface area contributed by atoms with Crippen LogP contribution in [0, 0.1) is 11.3 Å². The number of alkyl halides is 3. The molecule has 0 aliphatic heterocycles. The highest BCUT2D eigenvalue weighted by Gasteiger charge is 2.30. The predicted octanol–water partition coefficient (Wildman–Crippen LogP) is 4.97. The number of rotatable bonds is 2. The number of anilines is 2. The van der Waals surface area contributed by atoms with Gasteiger partial charge in [0.25, 0.3) is 0 Å². The zero-order chi connectivity index (χ0) is 14.8. The van der Waals surface area contributed by atoms with Crippen molar-refractivity contribution in [1.29, 1.82) is 5.26 Å². The summed E-state index contributed by atoms with van der Waals surface area (Å²) in [4.78, 5) is 0. The summed E-state index contributed by atoms with van der Waals surface area (Å²) < 4.78 is 37.9. The average Bonchev–Trinajstić information content (AvgIpc) is 2.40. The van der Waals surface area contributed by atoms with Crippen molar-refractivity contribution in [2.45, 2.75) is 6.18 Å². The van der Waals surface area contributed by atoms with Gasteiger partial charge in [-0.1, -0.05) is 17.7 Å². The molecule has 102 valence electrons. The monoisotopic (exact) mass is 296 g/mol. The van der Waals surface area contributed by atoms with Gasteiger partial charge in [0.05, 0.1) is 27.9 Å². The van der Waals surface area contributed by atoms with E-state index in [0.29, 0.717) is 11.3 Å². The summed E-state index contributed by atoms with van der Waals surface area (Å²) in [6.45, 7) is 0. The van der Waals surface area contributed by atoms with Crippen molar-refractivity contribution in [2.24, 2.45) is 0 Å². The Bertz CT molecular complexity index is 675. The quantitative estimate of drug-likeness (QED) is 0.849. The van der Waals surface area contributed by atoms with E-state index in [1.54, 1.807) is 18.2 Å². The number of benzene rings is 2. The molecular formula is C14H8ClF3N2. The van der Waals surface area contributed by atoms with E-state index < -0.39 is 11.7 Å². The lowest BCUT2D eigenvalue weighted by Crippen LogP contribution is -2.05. The molecule has 0 bridgehead atoms. The minimum absolute atomic E-state index is 0.136. The van der Waals surface area contributed by atoms with Crippen molar-refractivity contribution < 1.29 is 13.2 Å². The van der Waals surface area contributed by atoms with Crippen molar-refractivity contribution >= 4 is 23.0 Å². The number of hydrogen-bond donors (Lipinski definition) is 1. The summed E-state index contributed by atoms with van der Waals surface area (Å²) in [7, 11) is 0. The molecule has 1 N–H and O–H groups in total. The molecule has 0 spiro atoms. The molecule has 20 heavy (non-hydrogen) atoms. The van der Waals surface area contributed by atoms with E-state index >= 15 is 0 Å². The third-order valence-electron chi connectivity index (χ3n) is 2.56. The Kier molecular flexibility index (Phi) is 3.86. The van der Waals surface area contributed by atoms with Crippen LogP contribution in [0.15, 0.2) is 42.5 Å². The predicted molar refractivity (Wildman–Crippen MR) is 70.9 cm³/mol. The third-order valence-corrected chi connectivity index (χ3v) is 2.89. The van der Waals surface area contributed by atoms with Crippen molar-refractivity contribution in [2.75, 3.05) is 5.32 Å². The largest absolute Gasteiger partial charge is 0.416 e. The lowest BCUT2D eigenvalue weighted by atomic mass is 10.1. The molecule has 6 heteroatoms. The number of hydrogen-bond acceptors (Lipinski definition) is 2. The summed E-state index contributed by atoms with van der Waals surface area (Å²) >= 11 is 5.88. The molecule has 0 aliphatic rings. The normalized spacial score (nSPS) is 10.9. The Morgan fingerprint density at radius 3 is 2.50 bits per heavy atom. The lowest BCUT2D eigenvalue weighted by Gasteiger charge is -2.12. The first kappa shape index (κ1) is 14.2. The molecule has 0 fully saturated rings. The van der Waals surface area contributed by atoms with Gasteiger partial charge in [-0.25, -0.2) is 0 Å². The van der Waals surface area contributed by atoms with Crippen LogP contribution >= 0.6 is 11.6 Å². The zero-order valence-electron chi connectivity index (χ0n) is 10.0. The second kappa shape index (κ2) is 5.43. The summed E-state index contributed by atoms with van der Waals surface area (Å²) in [5.41, 5.74) is 0.237. The van der Waals surface area contributed by atoms with Gasteiger partial charge in [-0.15, -0.1) is 0 Å². The van der Waals surface area contributed by atoms with Gasteiger partial charge in [0.1, 0.15) is 0 Å². The molecule has 0 heterocycles. The summed E-state index contributed by atoms with van der Waals surface area (Å²) in [6.07, 6.45) is -4.43. The molecule has 2 nitrogen and oxygen atoms in total. The summed E-state index contributed by atoms with van der Waals surface area (Å²) in [5, 5.41) is 11.7. The van der Waals surface area contributed by atoms with E-state index in [9.17, 15) is 13.2 Å². The minimum atomic E-state index is -4.43. The number of nitrogens with one attached hydrogen (secondary N) is 1. The van der Waals surface area contributed by atoms with E-state index in [4.69, 9.17) is 16.9 Å². The Labute approximate surface area is 118 Å². The molecule has 0 aliphatic carbocycles. The Hall–Kier alpha value is -2.19. The second-order valence-electron chi connectivity index (χ2n) is 4.01. The lowest BCUT2D eigenvalue weighted by molar-refractivity contribution is -0.137. The van der Waals surface area contributed by atoms with Gasteiger partial charge in [-0.05, 0) is 36.4 Å². The van der Waals surface area contributed by atoms with E-state index in [-0.39, 0.29) is 10.7 Å². The van der Waals surface area contributed by atoms with E-state index in [1.807, 2.05) is 6.07 Å². The van der Waals surface area contributed by atoms with Crippen molar-refractivity contribution in [3.63, 3.8) is 0 Å². The Morgan fingerprint density at radius 2 is 1.85 bits per heavy atom. The topological polar surface area (TPSA) is 35.8 Å². The van der Waals surface area contributed by atoms with Crippen LogP contribution in [0.4, 0.5) is 24.5 Å². The molecule has 0 unspecified atom stereocenters. The second-order valence-corrected chi connectivity index (χ2v) is 4.42. The van der Waals surface area contributed by atoms with Gasteiger partial charge in [0, 0.05) is 5.69 Å². The van der Waals surface area contributed by atoms with Crippen LogP contribution in [0.2, 0.25) is 5.02 Å². The SMILES string of the molecule is N#Cc1cccc(Nc2cc(C(F)(F)F)ccc2Cl)c1. The number of nitrogens with zero attached hydrogens (tertiary/aromatic N) is 1. The van der Waals surface area contributed by atoms with Gasteiger partial charge in [-0.3, -0.25) is 0 Å². The molecule has 2 aromatic rings. The van der Waals surface area contributed by atoms with E-state index in [0.717, 1.165) is 12.1 Å². The maximum atomic E-state index is 12.6. The molecule has 0 atom stereocenters. The first-order valence-electron chi connectivity index (χ1n) is 5.54. The Morgan fingerprint density at radius 1 is 1.10 bits per heavy atom. The highest BCUT2D eigenvalue weighted by atomic mass is 35.5. The first-order valence-corrected chi connectivity index (χ1v) is 5.92. The fourth-order valence-electron chi connectivity index (χ4n) is 1.62. The van der Waals surface area contributed by atoms with E-state index in [2.05, 4.69) is 5.32 Å². The first-order chi connectivity index (χ1) is 9.40. The molecule has 0 aromatic heterocycles. The zero-order valence-corrected chi connectivity index (χ0v) is 10.8. The van der Waals surface area contributed by atoms with Crippen molar-refractivity contribution in [1.82, 2.24) is 0 Å². The maximum Gasteiger partial charge on any atom is 0.416 e. The van der Waals surface area contributed by atoms with Gasteiger partial charge in [-0.2, -0.15) is 18.4 Å². The van der Waals surface area contributed by atoms with Gasteiger partial charge >= 0.3 is 6.18 Å². The van der Waals surface area contributed by atoms with Crippen LogP contribution < -0.4 is 5.32 Å². The minimum Gasteiger partial charge on any atom is -0.354 e. The maximum absolute atomic E-state index is 12.6. The fraction of sp³-hybridized carbons (Fsp3) is 0.0714. The highest BCUT2D eigenvalue weighted by molar-refractivity contribution is 6.33. The number of halogens is 4. The molecule has 2 rings (SSSR count). The van der Waals surface area contributed by atoms with Gasteiger partial charge in [0.15, 0.2) is 0 Å². The van der Waals surface area contributed by atoms with Crippen LogP contribution in [0.3, 0.4) is 0 Å². The van der Waals surface area contributed by atoms with Crippen molar-refractivity contribution in [3.8, 4) is 6.07 Å². The van der Waals surface area contributed by atoms with Crippen LogP contribution in [0.1, 0.15) is 11.1 Å². The van der Waals surface area contributed by atoms with Crippen LogP contribution in [-0.4, -0.2) is 0 Å². The number of nitriles is 1. The van der Waals surface area contributed by atoms with Crippen LogP contribution in [0.25, 0.3) is 0 Å². The molecule has 0 amide bonds. The third kappa shape index (κ3) is 3.22. The fourth-order valence-corrected chi connectivity index (χ4v) is 1.78. The molecule has 0 radical (unpaired) electrons. The van der Waals surface area contributed by atoms with Crippen LogP contribution in [-0.2, 0) is 6.18 Å². The van der Waals surface area contributed by atoms with Gasteiger partial charge < -0.3 is 5.32 Å². The molecule has 2 aromatic carbocycles. The molecule has 0 saturated carbocycles. The van der Waals surface area contributed by atoms with Crippen molar-refractivity contribution in [3.05, 3.63) is 58.6 Å². The molecular weight excluding hydrogens is 289 g/mol. The smallest absolute Gasteiger partial charge is 0.354 e.